The third-order valence-corrected chi connectivity index (χ3v) is 4.15. The van der Waals surface area contributed by atoms with Crippen molar-refractivity contribution in [2.45, 2.75) is 32.6 Å². The Bertz CT molecular complexity index is 490. The average molecular weight is 289 g/mol. The van der Waals surface area contributed by atoms with E-state index in [4.69, 9.17) is 0 Å². The molecule has 8 heteroatoms. The van der Waals surface area contributed by atoms with Gasteiger partial charge < -0.3 is 9.88 Å². The first-order valence-corrected chi connectivity index (χ1v) is 6.80. The van der Waals surface area contributed by atoms with E-state index in [1.807, 2.05) is 0 Å². The van der Waals surface area contributed by atoms with Crippen molar-refractivity contribution in [1.82, 2.24) is 25.0 Å². The minimum absolute atomic E-state index is 0.203. The van der Waals surface area contributed by atoms with E-state index in [0.717, 1.165) is 26.1 Å². The molecule has 5 nitrogen and oxygen atoms in total. The molecule has 0 bridgehead atoms. The van der Waals surface area contributed by atoms with E-state index in [9.17, 15) is 13.2 Å². The molecule has 0 aliphatic carbocycles. The highest BCUT2D eigenvalue weighted by Crippen LogP contribution is 2.31. The Kier molecular flexibility index (Phi) is 3.24. The highest BCUT2D eigenvalue weighted by atomic mass is 19.4. The summed E-state index contributed by atoms with van der Waals surface area (Å²) < 4.78 is 39.4. The Labute approximate surface area is 115 Å². The summed E-state index contributed by atoms with van der Waals surface area (Å²) in [7, 11) is 0. The van der Waals surface area contributed by atoms with Gasteiger partial charge in [0.05, 0.1) is 6.54 Å². The number of halogens is 3. The average Bonchev–Trinajstić information content (AvgIpc) is 2.94. The summed E-state index contributed by atoms with van der Waals surface area (Å²) in [5.74, 6) is -0.459. The van der Waals surface area contributed by atoms with Crippen molar-refractivity contribution in [1.29, 1.82) is 0 Å². The molecule has 1 unspecified atom stereocenters. The van der Waals surface area contributed by atoms with Crippen LogP contribution in [-0.4, -0.2) is 45.8 Å². The number of aromatic nitrogens is 3. The maximum Gasteiger partial charge on any atom is 0.451 e. The van der Waals surface area contributed by atoms with Crippen molar-refractivity contribution in [2.75, 3.05) is 26.2 Å². The smallest absolute Gasteiger partial charge is 0.316 e. The number of alkyl halides is 3. The molecule has 0 amide bonds. The van der Waals surface area contributed by atoms with Crippen LogP contribution in [0.5, 0.6) is 0 Å². The number of rotatable bonds is 2. The van der Waals surface area contributed by atoms with Gasteiger partial charge in [-0.25, -0.2) is 0 Å². The Morgan fingerprint density at radius 1 is 1.30 bits per heavy atom. The van der Waals surface area contributed by atoms with Gasteiger partial charge in [0.2, 0.25) is 5.82 Å². The molecule has 1 saturated heterocycles. The zero-order valence-corrected chi connectivity index (χ0v) is 11.4. The zero-order valence-electron chi connectivity index (χ0n) is 11.4. The van der Waals surface area contributed by atoms with Crippen LogP contribution in [0.4, 0.5) is 13.2 Å². The van der Waals surface area contributed by atoms with Crippen LogP contribution in [0.1, 0.15) is 25.0 Å². The maximum atomic E-state index is 12.7. The summed E-state index contributed by atoms with van der Waals surface area (Å²) in [5, 5.41) is 10.3. The summed E-state index contributed by atoms with van der Waals surface area (Å²) >= 11 is 0. The van der Waals surface area contributed by atoms with Crippen molar-refractivity contribution in [2.24, 2.45) is 5.41 Å². The first-order valence-electron chi connectivity index (χ1n) is 6.80. The summed E-state index contributed by atoms with van der Waals surface area (Å²) in [6.45, 7) is 6.44. The largest absolute Gasteiger partial charge is 0.451 e. The highest BCUT2D eigenvalue weighted by molar-refractivity contribution is 5.02. The van der Waals surface area contributed by atoms with Gasteiger partial charge in [-0.3, -0.25) is 4.90 Å². The molecule has 1 fully saturated rings. The molecule has 3 heterocycles. The predicted molar refractivity (Wildman–Crippen MR) is 65.9 cm³/mol. The third kappa shape index (κ3) is 2.54. The number of nitrogens with zero attached hydrogens (tertiary/aromatic N) is 4. The molecule has 0 aromatic carbocycles. The molecule has 2 aliphatic rings. The summed E-state index contributed by atoms with van der Waals surface area (Å²) in [5.41, 5.74) is 0.203. The lowest BCUT2D eigenvalue weighted by Gasteiger charge is -2.34. The van der Waals surface area contributed by atoms with Gasteiger partial charge in [-0.2, -0.15) is 13.2 Å². The second-order valence-electron chi connectivity index (χ2n) is 6.04. The van der Waals surface area contributed by atoms with E-state index in [1.54, 1.807) is 0 Å². The highest BCUT2D eigenvalue weighted by Gasteiger charge is 2.40. The molecule has 1 aromatic rings. The van der Waals surface area contributed by atoms with E-state index >= 15 is 0 Å². The number of hydrogen-bond donors (Lipinski definition) is 1. The summed E-state index contributed by atoms with van der Waals surface area (Å²) in [6.07, 6.45) is -3.32. The summed E-state index contributed by atoms with van der Waals surface area (Å²) in [4.78, 5) is 2.18. The number of nitrogens with one attached hydrogen (secondary N) is 1. The number of fused-ring (bicyclic) bond motifs is 1. The Morgan fingerprint density at radius 3 is 2.75 bits per heavy atom. The van der Waals surface area contributed by atoms with Crippen LogP contribution in [0.3, 0.4) is 0 Å². The minimum atomic E-state index is -4.42. The molecule has 20 heavy (non-hydrogen) atoms. The molecule has 0 saturated carbocycles. The van der Waals surface area contributed by atoms with Crippen LogP contribution in [0.15, 0.2) is 0 Å². The number of hydrogen-bond acceptors (Lipinski definition) is 4. The molecule has 1 N–H and O–H groups in total. The standard InChI is InChI=1S/C12H18F3N5/c1-11(2-3-16-7-11)8-19-4-5-20-9(6-19)17-18-10(20)12(13,14)15/h16H,2-8H2,1H3. The molecule has 0 spiro atoms. The van der Waals surface area contributed by atoms with Crippen molar-refractivity contribution < 1.29 is 13.2 Å². The van der Waals surface area contributed by atoms with Gasteiger partial charge in [0, 0.05) is 26.2 Å². The second-order valence-corrected chi connectivity index (χ2v) is 6.04. The molecular formula is C12H18F3N5. The van der Waals surface area contributed by atoms with E-state index in [2.05, 4.69) is 27.3 Å². The summed E-state index contributed by atoms with van der Waals surface area (Å²) in [6, 6.07) is 0. The maximum absolute atomic E-state index is 12.7. The molecule has 112 valence electrons. The predicted octanol–water partition coefficient (Wildman–Crippen LogP) is 1.11. The van der Waals surface area contributed by atoms with Gasteiger partial charge in [0.1, 0.15) is 5.82 Å². The van der Waals surface area contributed by atoms with Gasteiger partial charge in [-0.15, -0.1) is 10.2 Å². The van der Waals surface area contributed by atoms with Crippen LogP contribution in [0, 0.1) is 5.41 Å². The van der Waals surface area contributed by atoms with Gasteiger partial charge in [0.15, 0.2) is 0 Å². The Hall–Kier alpha value is -1.15. The topological polar surface area (TPSA) is 46.0 Å². The first-order chi connectivity index (χ1) is 9.37. The van der Waals surface area contributed by atoms with Crippen LogP contribution < -0.4 is 5.32 Å². The van der Waals surface area contributed by atoms with E-state index in [1.165, 1.54) is 4.57 Å². The SMILES string of the molecule is CC1(CN2CCn3c(nnc3C(F)(F)F)C2)CCNC1. The van der Waals surface area contributed by atoms with Crippen molar-refractivity contribution in [3.05, 3.63) is 11.6 Å². The van der Waals surface area contributed by atoms with Gasteiger partial charge in [-0.05, 0) is 18.4 Å². The second kappa shape index (κ2) is 4.70. The fourth-order valence-electron chi connectivity index (χ4n) is 3.10. The molecule has 1 aromatic heterocycles. The normalized spacial score (nSPS) is 27.8. The molecular weight excluding hydrogens is 271 g/mol. The van der Waals surface area contributed by atoms with Crippen LogP contribution >= 0.6 is 0 Å². The molecule has 3 rings (SSSR count). The zero-order chi connectivity index (χ0) is 14.4. The minimum Gasteiger partial charge on any atom is -0.316 e. The Morgan fingerprint density at radius 2 is 2.10 bits per heavy atom. The fourth-order valence-corrected chi connectivity index (χ4v) is 3.10. The van der Waals surface area contributed by atoms with Gasteiger partial charge in [0.25, 0.3) is 0 Å². The quantitative estimate of drug-likeness (QED) is 0.886. The monoisotopic (exact) mass is 289 g/mol. The third-order valence-electron chi connectivity index (χ3n) is 4.15. The van der Waals surface area contributed by atoms with E-state index in [-0.39, 0.29) is 5.41 Å². The lowest BCUT2D eigenvalue weighted by atomic mass is 9.89. The first kappa shape index (κ1) is 13.8. The van der Waals surface area contributed by atoms with Crippen molar-refractivity contribution in [3.63, 3.8) is 0 Å². The van der Waals surface area contributed by atoms with Crippen molar-refractivity contribution in [3.8, 4) is 0 Å². The lowest BCUT2D eigenvalue weighted by molar-refractivity contribution is -0.148. The lowest BCUT2D eigenvalue weighted by Crippen LogP contribution is -2.42. The van der Waals surface area contributed by atoms with Crippen LogP contribution in [0.25, 0.3) is 0 Å². The van der Waals surface area contributed by atoms with Crippen LogP contribution in [-0.2, 0) is 19.3 Å². The van der Waals surface area contributed by atoms with E-state index < -0.39 is 12.0 Å². The van der Waals surface area contributed by atoms with Crippen LogP contribution in [0.2, 0.25) is 0 Å². The molecule has 2 aliphatic heterocycles. The molecule has 0 radical (unpaired) electrons. The molecule has 1 atom stereocenters. The Balaban J connectivity index is 1.72. The van der Waals surface area contributed by atoms with Crippen molar-refractivity contribution >= 4 is 0 Å². The van der Waals surface area contributed by atoms with Gasteiger partial charge >= 0.3 is 6.18 Å². The fraction of sp³-hybridized carbons (Fsp3) is 0.833. The van der Waals surface area contributed by atoms with Gasteiger partial charge in [-0.1, -0.05) is 6.92 Å². The van der Waals surface area contributed by atoms with E-state index in [0.29, 0.717) is 25.5 Å².